The quantitative estimate of drug-likeness (QED) is 0.433. The molecule has 0 fully saturated rings. The van der Waals surface area contributed by atoms with Gasteiger partial charge in [0.05, 0.1) is 0 Å². The SMILES string of the molecule is CNC.CO[Si](C)(CCCN(C)C)OC.CO[Si](CCCN(C)C)(OC)OC. The van der Waals surface area contributed by atoms with Crippen LogP contribution in [0.15, 0.2) is 0 Å². The smallest absolute Gasteiger partial charge is 0.398 e. The molecule has 0 aliphatic rings. The largest absolute Gasteiger partial charge is 0.500 e. The van der Waals surface area contributed by atoms with Crippen molar-refractivity contribution in [1.82, 2.24) is 15.1 Å². The van der Waals surface area contributed by atoms with E-state index >= 15 is 0 Å². The molecule has 0 bridgehead atoms. The van der Waals surface area contributed by atoms with Gasteiger partial charge in [0.15, 0.2) is 0 Å². The molecule has 0 radical (unpaired) electrons. The Balaban J connectivity index is -0.000000392. The normalized spacial score (nSPS) is 11.8. The van der Waals surface area contributed by atoms with Gasteiger partial charge in [0, 0.05) is 41.6 Å². The van der Waals surface area contributed by atoms with Crippen LogP contribution in [0.4, 0.5) is 0 Å². The van der Waals surface area contributed by atoms with E-state index in [1.165, 1.54) is 0 Å². The molecule has 0 aromatic carbocycles. The van der Waals surface area contributed by atoms with Crippen molar-refractivity contribution < 1.29 is 22.1 Å². The lowest BCUT2D eigenvalue weighted by atomic mass is 10.5. The fourth-order valence-electron chi connectivity index (χ4n) is 2.17. The summed E-state index contributed by atoms with van der Waals surface area (Å²) >= 11 is 0. The number of nitrogens with zero attached hydrogens (tertiary/aromatic N) is 2. The molecule has 0 aliphatic heterocycles. The van der Waals surface area contributed by atoms with Crippen molar-refractivity contribution >= 4 is 17.4 Å². The van der Waals surface area contributed by atoms with Crippen LogP contribution in [-0.2, 0) is 22.1 Å². The third-order valence-corrected chi connectivity index (χ3v) is 9.94. The second-order valence-corrected chi connectivity index (χ2v) is 13.8. The van der Waals surface area contributed by atoms with Crippen LogP contribution in [0.5, 0.6) is 0 Å². The maximum absolute atomic E-state index is 5.37. The van der Waals surface area contributed by atoms with Gasteiger partial charge in [-0.05, 0) is 80.8 Å². The highest BCUT2D eigenvalue weighted by Crippen LogP contribution is 2.15. The predicted octanol–water partition coefficient (Wildman–Crippen LogP) is 1.95. The first-order valence-corrected chi connectivity index (χ1v) is 14.1. The first-order valence-electron chi connectivity index (χ1n) is 9.69. The molecule has 0 saturated carbocycles. The minimum absolute atomic E-state index is 0.870. The van der Waals surface area contributed by atoms with Gasteiger partial charge in [-0.15, -0.1) is 0 Å². The van der Waals surface area contributed by atoms with Gasteiger partial charge < -0.3 is 37.2 Å². The second-order valence-electron chi connectivity index (χ2n) is 7.15. The molecule has 0 aromatic heterocycles. The lowest BCUT2D eigenvalue weighted by Crippen LogP contribution is -2.43. The Morgan fingerprint density at radius 2 is 0.964 bits per heavy atom. The third-order valence-electron chi connectivity index (χ3n) is 4.12. The van der Waals surface area contributed by atoms with Crippen LogP contribution in [0.2, 0.25) is 18.6 Å². The molecule has 0 saturated heterocycles. The van der Waals surface area contributed by atoms with Gasteiger partial charge in [-0.3, -0.25) is 0 Å². The van der Waals surface area contributed by atoms with Gasteiger partial charge in [-0.2, -0.15) is 0 Å². The second kappa shape index (κ2) is 20.4. The van der Waals surface area contributed by atoms with Gasteiger partial charge in [0.25, 0.3) is 0 Å². The molecule has 174 valence electrons. The maximum atomic E-state index is 5.37. The highest BCUT2D eigenvalue weighted by Gasteiger charge is 2.36. The van der Waals surface area contributed by atoms with Crippen molar-refractivity contribution in [3.8, 4) is 0 Å². The summed E-state index contributed by atoms with van der Waals surface area (Å²) in [5.41, 5.74) is 0. The Morgan fingerprint density at radius 1 is 0.643 bits per heavy atom. The molecule has 28 heavy (non-hydrogen) atoms. The van der Waals surface area contributed by atoms with Crippen LogP contribution in [0.25, 0.3) is 0 Å². The van der Waals surface area contributed by atoms with Gasteiger partial charge >= 0.3 is 17.4 Å². The molecular formula is C18H49N3O5Si2. The van der Waals surface area contributed by atoms with Crippen LogP contribution < -0.4 is 5.32 Å². The summed E-state index contributed by atoms with van der Waals surface area (Å²) < 4.78 is 26.6. The molecule has 0 unspecified atom stereocenters. The van der Waals surface area contributed by atoms with Crippen LogP contribution >= 0.6 is 0 Å². The minimum atomic E-state index is -2.31. The molecule has 8 nitrogen and oxygen atoms in total. The van der Waals surface area contributed by atoms with Crippen LogP contribution in [0, 0.1) is 0 Å². The molecule has 0 aliphatic carbocycles. The molecule has 0 heterocycles. The summed E-state index contributed by atoms with van der Waals surface area (Å²) in [5, 5.41) is 2.75. The standard InChI is InChI=1S/C8H21NO3Si.C8H21NO2Si.C2H7N/c1-9(2)7-6-8-13(10-3,11-4)12-5;1-9(2)7-6-8-12(5,10-3)11-4;1-3-2/h6-8H2,1-5H3;6-8H2,1-5H3;3H,1-2H3. The molecule has 10 heteroatoms. The number of rotatable bonds is 13. The first kappa shape index (κ1) is 32.8. The van der Waals surface area contributed by atoms with Crippen molar-refractivity contribution in [2.75, 3.05) is 90.9 Å². The summed E-state index contributed by atoms with van der Waals surface area (Å²) in [6, 6.07) is 1.94. The minimum Gasteiger partial charge on any atom is -0.398 e. The van der Waals surface area contributed by atoms with E-state index in [-0.39, 0.29) is 0 Å². The van der Waals surface area contributed by atoms with Crippen molar-refractivity contribution in [2.24, 2.45) is 0 Å². The topological polar surface area (TPSA) is 64.7 Å². The average molecular weight is 444 g/mol. The zero-order valence-corrected chi connectivity index (χ0v) is 22.7. The molecule has 0 rings (SSSR count). The van der Waals surface area contributed by atoms with Crippen LogP contribution in [-0.4, -0.2) is 118 Å². The van der Waals surface area contributed by atoms with Gasteiger partial charge in [-0.25, -0.2) is 0 Å². The highest BCUT2D eigenvalue weighted by molar-refractivity contribution is 6.65. The number of hydrogen-bond acceptors (Lipinski definition) is 8. The summed E-state index contributed by atoms with van der Waals surface area (Å²) in [6.45, 7) is 4.24. The van der Waals surface area contributed by atoms with E-state index in [4.69, 9.17) is 22.1 Å². The Labute approximate surface area is 177 Å². The Morgan fingerprint density at radius 3 is 1.21 bits per heavy atom. The van der Waals surface area contributed by atoms with E-state index in [9.17, 15) is 0 Å². The molecular weight excluding hydrogens is 394 g/mol. The number of nitrogens with one attached hydrogen (secondary N) is 1. The van der Waals surface area contributed by atoms with Gasteiger partial charge in [0.1, 0.15) is 0 Å². The van der Waals surface area contributed by atoms with Gasteiger partial charge in [0.2, 0.25) is 0 Å². The van der Waals surface area contributed by atoms with Gasteiger partial charge in [-0.1, -0.05) is 0 Å². The predicted molar refractivity (Wildman–Crippen MR) is 123 cm³/mol. The fraction of sp³-hybridized carbons (Fsp3) is 1.00. The summed E-state index contributed by atoms with van der Waals surface area (Å²) in [7, 11) is 16.3. The van der Waals surface area contributed by atoms with E-state index in [2.05, 4.69) is 49.9 Å². The van der Waals surface area contributed by atoms with Crippen molar-refractivity contribution in [1.29, 1.82) is 0 Å². The summed E-state index contributed by atoms with van der Waals surface area (Å²) in [5.74, 6) is 0. The van der Waals surface area contributed by atoms with E-state index in [0.717, 1.165) is 38.0 Å². The lowest BCUT2D eigenvalue weighted by molar-refractivity contribution is 0.122. The van der Waals surface area contributed by atoms with Crippen LogP contribution in [0.3, 0.4) is 0 Å². The Hall–Kier alpha value is 0.114. The third kappa shape index (κ3) is 19.4. The molecule has 1 N–H and O–H groups in total. The van der Waals surface area contributed by atoms with E-state index < -0.39 is 17.4 Å². The zero-order valence-electron chi connectivity index (χ0n) is 20.7. The van der Waals surface area contributed by atoms with E-state index in [0.29, 0.717) is 0 Å². The summed E-state index contributed by atoms with van der Waals surface area (Å²) in [6.07, 6.45) is 2.19. The summed E-state index contributed by atoms with van der Waals surface area (Å²) in [4.78, 5) is 4.32. The molecule has 0 atom stereocenters. The zero-order chi connectivity index (χ0) is 22.6. The first-order chi connectivity index (χ1) is 13.1. The van der Waals surface area contributed by atoms with E-state index in [1.807, 2.05) is 14.1 Å². The maximum Gasteiger partial charge on any atom is 0.500 e. The average Bonchev–Trinajstić information content (AvgIpc) is 2.66. The molecule has 0 amide bonds. The Bertz CT molecular complexity index is 311. The van der Waals surface area contributed by atoms with Crippen molar-refractivity contribution in [2.45, 2.75) is 31.5 Å². The monoisotopic (exact) mass is 443 g/mol. The highest BCUT2D eigenvalue weighted by atomic mass is 28.4. The Kier molecular flexibility index (Phi) is 23.9. The number of hydrogen-bond donors (Lipinski definition) is 1. The lowest BCUT2D eigenvalue weighted by Gasteiger charge is -2.24. The van der Waals surface area contributed by atoms with Crippen molar-refractivity contribution in [3.05, 3.63) is 0 Å². The molecule has 0 aromatic rings. The van der Waals surface area contributed by atoms with E-state index in [1.54, 1.807) is 35.5 Å². The van der Waals surface area contributed by atoms with Crippen molar-refractivity contribution in [3.63, 3.8) is 0 Å². The fourth-order valence-corrected chi connectivity index (χ4v) is 5.25. The van der Waals surface area contributed by atoms with Crippen LogP contribution in [0.1, 0.15) is 12.8 Å². The molecule has 0 spiro atoms.